The van der Waals surface area contributed by atoms with Crippen LogP contribution in [0.5, 0.6) is 23.0 Å². The fraction of sp³-hybridized carbons (Fsp3) is 0.158. The molecule has 1 heterocycles. The predicted molar refractivity (Wildman–Crippen MR) is 173 cm³/mol. The summed E-state index contributed by atoms with van der Waals surface area (Å²) < 4.78 is 27.0. The first-order valence-corrected chi connectivity index (χ1v) is 14.9. The van der Waals surface area contributed by atoms with Gasteiger partial charge in [0, 0.05) is 0 Å². The summed E-state index contributed by atoms with van der Waals surface area (Å²) in [5, 5.41) is 8.69. The van der Waals surface area contributed by atoms with Crippen LogP contribution in [0.25, 0.3) is 0 Å². The quantitative estimate of drug-likeness (QED) is 0.127. The number of rotatable bonds is 14. The van der Waals surface area contributed by atoms with Crippen molar-refractivity contribution in [2.24, 2.45) is 0 Å². The van der Waals surface area contributed by atoms with Crippen molar-refractivity contribution < 1.29 is 18.9 Å². The lowest BCUT2D eigenvalue weighted by atomic mass is 10.1. The number of nitrogens with zero attached hydrogens (tertiary/aromatic N) is 3. The fourth-order valence-electron chi connectivity index (χ4n) is 4.81. The molecule has 226 valence electrons. The van der Waals surface area contributed by atoms with Gasteiger partial charge < -0.3 is 18.9 Å². The number of aryl methyl sites for hydroxylation is 1. The molecule has 7 nitrogen and oxygen atoms in total. The summed E-state index contributed by atoms with van der Waals surface area (Å²) in [6.07, 6.45) is 1.89. The van der Waals surface area contributed by atoms with Crippen LogP contribution in [0.2, 0.25) is 0 Å². The Hall–Kier alpha value is -5.56. The van der Waals surface area contributed by atoms with Gasteiger partial charge in [-0.05, 0) is 59.0 Å². The van der Waals surface area contributed by atoms with E-state index in [2.05, 4.69) is 10.3 Å². The molecule has 6 aromatic rings. The zero-order valence-electron chi connectivity index (χ0n) is 25.2. The van der Waals surface area contributed by atoms with Gasteiger partial charge in [0.15, 0.2) is 11.5 Å². The van der Waals surface area contributed by atoms with E-state index in [9.17, 15) is 0 Å². The minimum absolute atomic E-state index is 0.326. The second-order valence-corrected chi connectivity index (χ2v) is 10.8. The monoisotopic (exact) mass is 597 g/mol. The highest BCUT2D eigenvalue weighted by molar-refractivity contribution is 5.54. The lowest BCUT2D eigenvalue weighted by Crippen LogP contribution is -2.07. The molecule has 0 bridgehead atoms. The zero-order valence-corrected chi connectivity index (χ0v) is 25.2. The Bertz CT molecular complexity index is 1730. The Morgan fingerprint density at radius 1 is 0.533 bits per heavy atom. The van der Waals surface area contributed by atoms with Gasteiger partial charge in [-0.15, -0.1) is 5.10 Å². The lowest BCUT2D eigenvalue weighted by molar-refractivity contribution is 0.229. The molecule has 0 spiro atoms. The summed E-state index contributed by atoms with van der Waals surface area (Å²) in [5.74, 6) is 2.55. The van der Waals surface area contributed by atoms with Gasteiger partial charge in [0.2, 0.25) is 5.75 Å². The van der Waals surface area contributed by atoms with Crippen LogP contribution in [0.1, 0.15) is 33.5 Å². The van der Waals surface area contributed by atoms with Crippen molar-refractivity contribution in [3.05, 3.63) is 167 Å². The molecule has 0 amide bonds. The minimum Gasteiger partial charge on any atom is -0.487 e. The third-order valence-electron chi connectivity index (χ3n) is 7.09. The van der Waals surface area contributed by atoms with Crippen LogP contribution < -0.4 is 18.9 Å². The van der Waals surface area contributed by atoms with Crippen LogP contribution in [-0.2, 0) is 33.0 Å². The van der Waals surface area contributed by atoms with Crippen LogP contribution in [0.3, 0.4) is 0 Å². The number of aromatic nitrogens is 3. The zero-order chi connectivity index (χ0) is 30.7. The molecule has 0 aliphatic rings. The maximum atomic E-state index is 6.42. The van der Waals surface area contributed by atoms with Gasteiger partial charge in [-0.25, -0.2) is 4.68 Å². The lowest BCUT2D eigenvalue weighted by Gasteiger charge is -2.19. The fourth-order valence-corrected chi connectivity index (χ4v) is 4.81. The smallest absolute Gasteiger partial charge is 0.203 e. The van der Waals surface area contributed by atoms with Crippen LogP contribution in [0, 0.1) is 6.92 Å². The molecule has 0 aliphatic carbocycles. The Kier molecular flexibility index (Phi) is 9.67. The van der Waals surface area contributed by atoms with E-state index in [1.165, 1.54) is 0 Å². The Morgan fingerprint density at radius 3 is 1.64 bits per heavy atom. The molecule has 0 unspecified atom stereocenters. The molecule has 0 N–H and O–H groups in total. The summed E-state index contributed by atoms with van der Waals surface area (Å²) >= 11 is 0. The Balaban J connectivity index is 1.27. The molecular weight excluding hydrogens is 562 g/mol. The normalized spacial score (nSPS) is 10.8. The topological polar surface area (TPSA) is 67.6 Å². The second kappa shape index (κ2) is 14.8. The highest BCUT2D eigenvalue weighted by atomic mass is 16.5. The molecular formula is C38H35N3O4. The number of hydrogen-bond acceptors (Lipinski definition) is 6. The molecule has 0 radical (unpaired) electrons. The maximum Gasteiger partial charge on any atom is 0.203 e. The first kappa shape index (κ1) is 29.5. The largest absolute Gasteiger partial charge is 0.487 e. The SMILES string of the molecule is Cc1cccc(OCc2cn(Cc3cc(OCc4ccccc4)c(OCc4ccccc4)c(OCc4ccccc4)c3)nn2)c1. The van der Waals surface area contributed by atoms with E-state index in [1.54, 1.807) is 4.68 Å². The van der Waals surface area contributed by atoms with Gasteiger partial charge >= 0.3 is 0 Å². The van der Waals surface area contributed by atoms with E-state index in [0.717, 1.165) is 39.3 Å². The van der Waals surface area contributed by atoms with Crippen molar-refractivity contribution in [3.8, 4) is 23.0 Å². The average molecular weight is 598 g/mol. The summed E-state index contributed by atoms with van der Waals surface area (Å²) in [4.78, 5) is 0. The van der Waals surface area contributed by atoms with Crippen LogP contribution in [0.4, 0.5) is 0 Å². The average Bonchev–Trinajstić information content (AvgIpc) is 3.53. The van der Waals surface area contributed by atoms with Gasteiger partial charge in [0.25, 0.3) is 0 Å². The molecule has 0 aliphatic heterocycles. The molecule has 0 fully saturated rings. The van der Waals surface area contributed by atoms with Gasteiger partial charge in [0.1, 0.15) is 37.9 Å². The van der Waals surface area contributed by atoms with Crippen molar-refractivity contribution in [3.63, 3.8) is 0 Å². The molecule has 0 atom stereocenters. The molecule has 0 saturated carbocycles. The first-order valence-electron chi connectivity index (χ1n) is 14.9. The predicted octanol–water partition coefficient (Wildman–Crippen LogP) is 7.95. The van der Waals surface area contributed by atoms with E-state index in [1.807, 2.05) is 141 Å². The third-order valence-corrected chi connectivity index (χ3v) is 7.09. The van der Waals surface area contributed by atoms with Gasteiger partial charge in [-0.2, -0.15) is 0 Å². The van der Waals surface area contributed by atoms with Gasteiger partial charge in [0.05, 0.1) is 12.7 Å². The summed E-state index contributed by atoms with van der Waals surface area (Å²) in [6.45, 7) is 3.96. The van der Waals surface area contributed by atoms with Crippen LogP contribution >= 0.6 is 0 Å². The molecule has 6 rings (SSSR count). The Labute approximate surface area is 263 Å². The van der Waals surface area contributed by atoms with E-state index in [0.29, 0.717) is 50.2 Å². The molecule has 0 saturated heterocycles. The number of hydrogen-bond donors (Lipinski definition) is 0. The van der Waals surface area contributed by atoms with Crippen molar-refractivity contribution >= 4 is 0 Å². The summed E-state index contributed by atoms with van der Waals surface area (Å²) in [6, 6.07) is 42.1. The second-order valence-electron chi connectivity index (χ2n) is 10.8. The summed E-state index contributed by atoms with van der Waals surface area (Å²) in [7, 11) is 0. The first-order chi connectivity index (χ1) is 22.2. The van der Waals surface area contributed by atoms with Gasteiger partial charge in [-0.1, -0.05) is 108 Å². The standard InChI is InChI=1S/C38H35N3O4/c1-29-12-11-19-35(20-29)42-28-34-24-41(40-39-34)23-33-21-36(43-25-30-13-5-2-6-14-30)38(45-27-32-17-9-4-10-18-32)37(22-33)44-26-31-15-7-3-8-16-31/h2-22,24H,23,25-28H2,1H3. The van der Waals surface area contributed by atoms with Gasteiger partial charge in [-0.3, -0.25) is 0 Å². The van der Waals surface area contributed by atoms with E-state index >= 15 is 0 Å². The minimum atomic E-state index is 0.326. The van der Waals surface area contributed by atoms with E-state index < -0.39 is 0 Å². The van der Waals surface area contributed by atoms with E-state index in [4.69, 9.17) is 18.9 Å². The highest BCUT2D eigenvalue weighted by Gasteiger charge is 2.18. The molecule has 7 heteroatoms. The Morgan fingerprint density at radius 2 is 1.09 bits per heavy atom. The van der Waals surface area contributed by atoms with E-state index in [-0.39, 0.29) is 0 Å². The highest BCUT2D eigenvalue weighted by Crippen LogP contribution is 2.40. The molecule has 1 aromatic heterocycles. The van der Waals surface area contributed by atoms with Crippen LogP contribution in [-0.4, -0.2) is 15.0 Å². The maximum absolute atomic E-state index is 6.42. The summed E-state index contributed by atoms with van der Waals surface area (Å²) in [5.41, 5.74) is 5.97. The van der Waals surface area contributed by atoms with Crippen LogP contribution in [0.15, 0.2) is 134 Å². The third kappa shape index (κ3) is 8.51. The van der Waals surface area contributed by atoms with Crippen molar-refractivity contribution in [2.75, 3.05) is 0 Å². The number of ether oxygens (including phenoxy) is 4. The van der Waals surface area contributed by atoms with Crippen molar-refractivity contribution in [1.82, 2.24) is 15.0 Å². The van der Waals surface area contributed by atoms with Crippen molar-refractivity contribution in [1.29, 1.82) is 0 Å². The number of benzene rings is 5. The van der Waals surface area contributed by atoms with Crippen molar-refractivity contribution in [2.45, 2.75) is 39.9 Å². The molecule has 5 aromatic carbocycles. The molecule has 45 heavy (non-hydrogen) atoms.